The zero-order valence-corrected chi connectivity index (χ0v) is 13.4. The van der Waals surface area contributed by atoms with Gasteiger partial charge in [0, 0.05) is 4.88 Å². The first-order valence-corrected chi connectivity index (χ1v) is 8.15. The molecule has 3 rings (SSSR count). The number of fused-ring (bicyclic) bond motifs is 1. The summed E-state index contributed by atoms with van der Waals surface area (Å²) >= 11 is 1.51. The highest BCUT2D eigenvalue weighted by Crippen LogP contribution is 2.33. The van der Waals surface area contributed by atoms with Crippen molar-refractivity contribution in [2.45, 2.75) is 26.2 Å². The predicted octanol–water partition coefficient (Wildman–Crippen LogP) is 4.27. The number of carbonyl (C=O) groups excluding carboxylic acids is 1. The van der Waals surface area contributed by atoms with Crippen molar-refractivity contribution in [1.82, 2.24) is 0 Å². The molecular formula is C17H18FNO2S. The average molecular weight is 319 g/mol. The Labute approximate surface area is 133 Å². The second-order valence-corrected chi connectivity index (χ2v) is 6.82. The summed E-state index contributed by atoms with van der Waals surface area (Å²) in [4.78, 5) is 14.3. The summed E-state index contributed by atoms with van der Waals surface area (Å²) in [7, 11) is 1.45. The van der Waals surface area contributed by atoms with E-state index < -0.39 is 5.82 Å². The minimum Gasteiger partial charge on any atom is -0.494 e. The number of nitrogens with one attached hydrogen (secondary N) is 1. The molecule has 1 aromatic carbocycles. The van der Waals surface area contributed by atoms with Gasteiger partial charge >= 0.3 is 0 Å². The van der Waals surface area contributed by atoms with Gasteiger partial charge in [-0.3, -0.25) is 4.79 Å². The molecule has 116 valence electrons. The van der Waals surface area contributed by atoms with Crippen molar-refractivity contribution in [3.63, 3.8) is 0 Å². The topological polar surface area (TPSA) is 38.3 Å². The van der Waals surface area contributed by atoms with Gasteiger partial charge in [0.05, 0.1) is 12.0 Å². The number of aryl methyl sites for hydroxylation is 1. The first kappa shape index (κ1) is 15.0. The highest BCUT2D eigenvalue weighted by Gasteiger charge is 2.22. The lowest BCUT2D eigenvalue weighted by molar-refractivity contribution is 0.102. The van der Waals surface area contributed by atoms with Crippen LogP contribution in [0.1, 0.15) is 33.5 Å². The largest absolute Gasteiger partial charge is 0.494 e. The van der Waals surface area contributed by atoms with E-state index in [4.69, 9.17) is 4.74 Å². The molecule has 1 unspecified atom stereocenters. The molecule has 0 aliphatic heterocycles. The number of thiophene rings is 1. The van der Waals surface area contributed by atoms with E-state index in [9.17, 15) is 9.18 Å². The summed E-state index contributed by atoms with van der Waals surface area (Å²) in [5, 5.41) is 2.64. The molecule has 5 heteroatoms. The van der Waals surface area contributed by atoms with Crippen LogP contribution in [-0.4, -0.2) is 13.0 Å². The maximum Gasteiger partial charge on any atom is 0.265 e. The van der Waals surface area contributed by atoms with E-state index >= 15 is 0 Å². The summed E-state index contributed by atoms with van der Waals surface area (Å²) < 4.78 is 19.0. The van der Waals surface area contributed by atoms with E-state index in [-0.39, 0.29) is 11.6 Å². The van der Waals surface area contributed by atoms with Crippen LogP contribution in [0.4, 0.5) is 10.1 Å². The number of ether oxygens (including phenoxy) is 1. The Hall–Kier alpha value is -1.88. The molecule has 1 amide bonds. The van der Waals surface area contributed by atoms with Crippen LogP contribution in [0.15, 0.2) is 24.3 Å². The maximum absolute atomic E-state index is 13.9. The van der Waals surface area contributed by atoms with Gasteiger partial charge in [-0.2, -0.15) is 0 Å². The van der Waals surface area contributed by atoms with Gasteiger partial charge in [-0.15, -0.1) is 11.3 Å². The number of amides is 1. The van der Waals surface area contributed by atoms with Crippen LogP contribution < -0.4 is 10.1 Å². The summed E-state index contributed by atoms with van der Waals surface area (Å²) in [6.45, 7) is 2.23. The normalized spacial score (nSPS) is 17.0. The van der Waals surface area contributed by atoms with Crippen molar-refractivity contribution in [3.8, 4) is 5.75 Å². The third-order valence-electron chi connectivity index (χ3n) is 3.99. The van der Waals surface area contributed by atoms with Crippen molar-refractivity contribution in [1.29, 1.82) is 0 Å². The van der Waals surface area contributed by atoms with E-state index in [0.717, 1.165) is 19.3 Å². The van der Waals surface area contributed by atoms with Crippen LogP contribution >= 0.6 is 11.3 Å². The third kappa shape index (κ3) is 2.86. The summed E-state index contributed by atoms with van der Waals surface area (Å²) in [6, 6.07) is 6.42. The van der Waals surface area contributed by atoms with Gasteiger partial charge in [0.25, 0.3) is 5.91 Å². The van der Waals surface area contributed by atoms with Gasteiger partial charge < -0.3 is 10.1 Å². The standard InChI is InChI=1S/C17H18FNO2S/c1-10-6-7-14-11(8-10)9-15(22-14)17(20)19-16-12(18)4-3-5-13(16)21-2/h3-5,9-10H,6-8H2,1-2H3,(H,19,20). The van der Waals surface area contributed by atoms with E-state index in [2.05, 4.69) is 12.2 Å². The Morgan fingerprint density at radius 2 is 2.27 bits per heavy atom. The second kappa shape index (κ2) is 6.08. The molecule has 1 aliphatic rings. The molecule has 0 spiro atoms. The molecule has 0 radical (unpaired) electrons. The number of methoxy groups -OCH3 is 1. The molecule has 3 nitrogen and oxygen atoms in total. The molecule has 0 bridgehead atoms. The highest BCUT2D eigenvalue weighted by atomic mass is 32.1. The molecule has 0 saturated carbocycles. The predicted molar refractivity (Wildman–Crippen MR) is 86.4 cm³/mol. The molecule has 0 saturated heterocycles. The van der Waals surface area contributed by atoms with Crippen LogP contribution in [0.2, 0.25) is 0 Å². The van der Waals surface area contributed by atoms with Crippen molar-refractivity contribution in [2.24, 2.45) is 5.92 Å². The van der Waals surface area contributed by atoms with Crippen molar-refractivity contribution in [3.05, 3.63) is 45.4 Å². The highest BCUT2D eigenvalue weighted by molar-refractivity contribution is 7.14. The Balaban J connectivity index is 1.84. The lowest BCUT2D eigenvalue weighted by Gasteiger charge is -2.16. The van der Waals surface area contributed by atoms with Crippen LogP contribution in [0.3, 0.4) is 0 Å². The Kier molecular flexibility index (Phi) is 4.16. The second-order valence-electron chi connectivity index (χ2n) is 5.68. The molecule has 22 heavy (non-hydrogen) atoms. The van der Waals surface area contributed by atoms with Crippen LogP contribution in [0.5, 0.6) is 5.75 Å². The lowest BCUT2D eigenvalue weighted by atomic mass is 9.90. The lowest BCUT2D eigenvalue weighted by Crippen LogP contribution is -2.12. The number of hydrogen-bond donors (Lipinski definition) is 1. The van der Waals surface area contributed by atoms with Gasteiger partial charge in [0.2, 0.25) is 0 Å². The van der Waals surface area contributed by atoms with Gasteiger partial charge in [-0.1, -0.05) is 13.0 Å². The molecular weight excluding hydrogens is 301 g/mol. The Morgan fingerprint density at radius 1 is 1.45 bits per heavy atom. The molecule has 0 fully saturated rings. The smallest absolute Gasteiger partial charge is 0.265 e. The summed E-state index contributed by atoms with van der Waals surface area (Å²) in [6.07, 6.45) is 3.20. The monoisotopic (exact) mass is 319 g/mol. The van der Waals surface area contributed by atoms with Crippen LogP contribution in [-0.2, 0) is 12.8 Å². The zero-order valence-electron chi connectivity index (χ0n) is 12.6. The molecule has 1 heterocycles. The van der Waals surface area contributed by atoms with Gasteiger partial charge in [-0.05, 0) is 48.9 Å². The number of halogens is 1. The third-order valence-corrected chi connectivity index (χ3v) is 5.22. The van der Waals surface area contributed by atoms with Crippen LogP contribution in [0, 0.1) is 11.7 Å². The van der Waals surface area contributed by atoms with E-state index in [1.165, 1.54) is 35.0 Å². The number of rotatable bonds is 3. The Bertz CT molecular complexity index is 711. The quantitative estimate of drug-likeness (QED) is 0.917. The minimum atomic E-state index is -0.498. The molecule has 1 N–H and O–H groups in total. The molecule has 1 aromatic heterocycles. The SMILES string of the molecule is COc1cccc(F)c1NC(=O)c1cc2c(s1)CCC(C)C2. The summed E-state index contributed by atoms with van der Waals surface area (Å²) in [5.41, 5.74) is 1.35. The van der Waals surface area contributed by atoms with E-state index in [0.29, 0.717) is 16.5 Å². The fourth-order valence-corrected chi connectivity index (χ4v) is 3.89. The molecule has 1 aliphatic carbocycles. The molecule has 2 aromatic rings. The van der Waals surface area contributed by atoms with E-state index in [1.807, 2.05) is 6.07 Å². The number of para-hydroxylation sites is 1. The van der Waals surface area contributed by atoms with Crippen molar-refractivity contribution in [2.75, 3.05) is 12.4 Å². The van der Waals surface area contributed by atoms with Gasteiger partial charge in [-0.25, -0.2) is 4.39 Å². The van der Waals surface area contributed by atoms with Gasteiger partial charge in [0.1, 0.15) is 11.4 Å². The van der Waals surface area contributed by atoms with E-state index in [1.54, 1.807) is 12.1 Å². The number of hydrogen-bond acceptors (Lipinski definition) is 3. The first-order chi connectivity index (χ1) is 10.6. The average Bonchev–Trinajstić information content (AvgIpc) is 2.92. The number of carbonyl (C=O) groups is 1. The van der Waals surface area contributed by atoms with Gasteiger partial charge in [0.15, 0.2) is 5.82 Å². The summed E-state index contributed by atoms with van der Waals surface area (Å²) in [5.74, 6) is 0.200. The number of benzene rings is 1. The Morgan fingerprint density at radius 3 is 3.05 bits per heavy atom. The zero-order chi connectivity index (χ0) is 15.7. The van der Waals surface area contributed by atoms with Crippen molar-refractivity contribution < 1.29 is 13.9 Å². The molecule has 1 atom stereocenters. The van der Waals surface area contributed by atoms with Crippen LogP contribution in [0.25, 0.3) is 0 Å². The number of anilines is 1. The maximum atomic E-state index is 13.9. The fraction of sp³-hybridized carbons (Fsp3) is 0.353. The van der Waals surface area contributed by atoms with Crippen molar-refractivity contribution >= 4 is 22.9 Å². The minimum absolute atomic E-state index is 0.0924. The first-order valence-electron chi connectivity index (χ1n) is 7.34. The fourth-order valence-electron chi connectivity index (χ4n) is 2.79.